The second kappa shape index (κ2) is 12.5. The predicted octanol–water partition coefficient (Wildman–Crippen LogP) is 5.93. The van der Waals surface area contributed by atoms with Crippen LogP contribution in [-0.4, -0.2) is 53.6 Å². The Labute approximate surface area is 241 Å². The highest BCUT2D eigenvalue weighted by Gasteiger charge is 2.40. The molecule has 0 aliphatic carbocycles. The van der Waals surface area contributed by atoms with Crippen LogP contribution in [0.25, 0.3) is 0 Å². The Morgan fingerprint density at radius 3 is 2.27 bits per heavy atom. The fraction of sp³-hybridized carbons (Fsp3) is 0.364. The largest absolute Gasteiger partial charge is 0.497 e. The second-order valence-corrected chi connectivity index (χ2v) is 11.2. The van der Waals surface area contributed by atoms with Gasteiger partial charge in [-0.15, -0.1) is 0 Å². The second-order valence-electron chi connectivity index (χ2n) is 11.2. The fourth-order valence-corrected chi connectivity index (χ4v) is 5.00. The van der Waals surface area contributed by atoms with Crippen molar-refractivity contribution in [1.82, 2.24) is 9.80 Å². The van der Waals surface area contributed by atoms with Crippen LogP contribution in [0.2, 0.25) is 0 Å². The zero-order chi connectivity index (χ0) is 29.7. The van der Waals surface area contributed by atoms with E-state index < -0.39 is 23.7 Å². The first-order valence-corrected chi connectivity index (χ1v) is 13.7. The number of carbonyl (C=O) groups excluding carboxylic acids is 3. The van der Waals surface area contributed by atoms with E-state index in [-0.39, 0.29) is 25.0 Å². The van der Waals surface area contributed by atoms with E-state index in [0.29, 0.717) is 17.7 Å². The summed E-state index contributed by atoms with van der Waals surface area (Å²) in [6.45, 7) is 7.94. The van der Waals surface area contributed by atoms with Crippen LogP contribution in [0.1, 0.15) is 66.3 Å². The number of hydrogen-bond donors (Lipinski definition) is 0. The topological polar surface area (TPSA) is 85.4 Å². The Balaban J connectivity index is 1.73. The van der Waals surface area contributed by atoms with E-state index in [2.05, 4.69) is 0 Å². The molecule has 1 heterocycles. The average Bonchev–Trinajstić information content (AvgIpc) is 2.97. The van der Waals surface area contributed by atoms with E-state index in [0.717, 1.165) is 22.3 Å². The molecule has 3 aromatic rings. The summed E-state index contributed by atoms with van der Waals surface area (Å²) in [5, 5.41) is 0. The molecule has 0 aromatic heterocycles. The minimum absolute atomic E-state index is 0.197. The Morgan fingerprint density at radius 2 is 1.63 bits per heavy atom. The number of hydrogen-bond acceptors (Lipinski definition) is 6. The molecule has 3 aromatic carbocycles. The van der Waals surface area contributed by atoms with Crippen molar-refractivity contribution in [3.8, 4) is 5.75 Å². The van der Waals surface area contributed by atoms with Gasteiger partial charge < -0.3 is 19.1 Å². The smallest absolute Gasteiger partial charge is 0.411 e. The third-order valence-electron chi connectivity index (χ3n) is 7.22. The molecule has 8 nitrogen and oxygen atoms in total. The van der Waals surface area contributed by atoms with Gasteiger partial charge in [0.05, 0.1) is 32.4 Å². The van der Waals surface area contributed by atoms with E-state index in [1.807, 2.05) is 88.4 Å². The number of methoxy groups -OCH3 is 2. The van der Waals surface area contributed by atoms with Gasteiger partial charge in [0.25, 0.3) is 0 Å². The molecule has 41 heavy (non-hydrogen) atoms. The summed E-state index contributed by atoms with van der Waals surface area (Å²) in [6.07, 6.45) is -0.154. The van der Waals surface area contributed by atoms with Crippen molar-refractivity contribution in [3.05, 3.63) is 101 Å². The van der Waals surface area contributed by atoms with Gasteiger partial charge in [0.15, 0.2) is 0 Å². The van der Waals surface area contributed by atoms with Crippen LogP contribution in [0.15, 0.2) is 72.8 Å². The van der Waals surface area contributed by atoms with Crippen molar-refractivity contribution in [2.45, 2.75) is 64.9 Å². The van der Waals surface area contributed by atoms with Gasteiger partial charge in [-0.05, 0) is 74.2 Å². The van der Waals surface area contributed by atoms with Gasteiger partial charge in [0.2, 0.25) is 5.91 Å². The van der Waals surface area contributed by atoms with Crippen molar-refractivity contribution < 1.29 is 28.6 Å². The summed E-state index contributed by atoms with van der Waals surface area (Å²) in [5.41, 5.74) is 3.46. The van der Waals surface area contributed by atoms with Crippen LogP contribution in [0.3, 0.4) is 0 Å². The number of nitrogens with zero attached hydrogens (tertiary/aromatic N) is 2. The lowest BCUT2D eigenvalue weighted by Gasteiger charge is -2.40. The van der Waals surface area contributed by atoms with E-state index in [9.17, 15) is 14.4 Å². The van der Waals surface area contributed by atoms with Gasteiger partial charge in [-0.2, -0.15) is 0 Å². The highest BCUT2D eigenvalue weighted by atomic mass is 16.6. The maximum absolute atomic E-state index is 14.6. The van der Waals surface area contributed by atoms with Crippen molar-refractivity contribution in [2.24, 2.45) is 0 Å². The molecule has 0 radical (unpaired) electrons. The summed E-state index contributed by atoms with van der Waals surface area (Å²) in [7, 11) is 2.94. The molecule has 2 atom stereocenters. The number of esters is 1. The Bertz CT molecular complexity index is 1400. The normalized spacial score (nSPS) is 15.4. The summed E-state index contributed by atoms with van der Waals surface area (Å²) < 4.78 is 16.0. The first-order valence-electron chi connectivity index (χ1n) is 13.7. The monoisotopic (exact) mass is 558 g/mol. The van der Waals surface area contributed by atoms with Crippen LogP contribution >= 0.6 is 0 Å². The zero-order valence-corrected chi connectivity index (χ0v) is 24.5. The molecule has 2 amide bonds. The Morgan fingerprint density at radius 1 is 0.951 bits per heavy atom. The van der Waals surface area contributed by atoms with Gasteiger partial charge in [-0.3, -0.25) is 9.69 Å². The number of benzene rings is 3. The van der Waals surface area contributed by atoms with Gasteiger partial charge in [-0.25, -0.2) is 9.59 Å². The molecule has 1 aliphatic rings. The fourth-order valence-electron chi connectivity index (χ4n) is 5.00. The van der Waals surface area contributed by atoms with Gasteiger partial charge in [0, 0.05) is 13.0 Å². The highest BCUT2D eigenvalue weighted by molar-refractivity contribution is 5.89. The molecule has 8 heteroatoms. The van der Waals surface area contributed by atoms with E-state index in [1.54, 1.807) is 29.0 Å². The highest BCUT2D eigenvalue weighted by Crippen LogP contribution is 2.31. The maximum Gasteiger partial charge on any atom is 0.411 e. The lowest BCUT2D eigenvalue weighted by Crippen LogP contribution is -2.54. The van der Waals surface area contributed by atoms with Crippen molar-refractivity contribution in [1.29, 1.82) is 0 Å². The maximum atomic E-state index is 14.6. The molecular formula is C33H38N2O6. The zero-order valence-electron chi connectivity index (χ0n) is 24.5. The van der Waals surface area contributed by atoms with Gasteiger partial charge in [0.1, 0.15) is 17.4 Å². The predicted molar refractivity (Wildman–Crippen MR) is 155 cm³/mol. The molecule has 0 spiro atoms. The van der Waals surface area contributed by atoms with E-state index in [4.69, 9.17) is 14.2 Å². The molecule has 0 fully saturated rings. The summed E-state index contributed by atoms with van der Waals surface area (Å²) in [5.74, 6) is 0.0620. The van der Waals surface area contributed by atoms with Crippen LogP contribution in [0.4, 0.5) is 4.79 Å². The molecule has 1 aliphatic heterocycles. The molecule has 2 unspecified atom stereocenters. The third-order valence-corrected chi connectivity index (χ3v) is 7.22. The minimum Gasteiger partial charge on any atom is -0.497 e. The summed E-state index contributed by atoms with van der Waals surface area (Å²) in [6, 6.07) is 21.4. The summed E-state index contributed by atoms with van der Waals surface area (Å²) >= 11 is 0. The molecule has 216 valence electrons. The molecule has 4 rings (SSSR count). The standard InChI is InChI=1S/C33H38N2O6/c1-22(25-12-9-13-28(18-25)39-5)34(20-23-14-16-24(17-15-23)31(37)40-6)30(36)29-19-26-10-7-8-11-27(26)21-35(29)32(38)41-33(2,3)4/h7-18,22,29H,19-21H2,1-6H3. The molecular weight excluding hydrogens is 520 g/mol. The lowest BCUT2D eigenvalue weighted by atomic mass is 9.92. The Kier molecular flexibility index (Phi) is 9.01. The number of ether oxygens (including phenoxy) is 3. The first kappa shape index (κ1) is 29.6. The van der Waals surface area contributed by atoms with Crippen molar-refractivity contribution in [3.63, 3.8) is 0 Å². The number of carbonyl (C=O) groups is 3. The van der Waals surface area contributed by atoms with E-state index >= 15 is 0 Å². The molecule has 0 saturated carbocycles. The van der Waals surface area contributed by atoms with Crippen LogP contribution in [0, 0.1) is 0 Å². The average molecular weight is 559 g/mol. The molecule has 0 saturated heterocycles. The lowest BCUT2D eigenvalue weighted by molar-refractivity contribution is -0.140. The number of amides is 2. The quantitative estimate of drug-likeness (QED) is 0.334. The van der Waals surface area contributed by atoms with Gasteiger partial charge >= 0.3 is 12.1 Å². The minimum atomic E-state index is -0.762. The first-order chi connectivity index (χ1) is 19.5. The van der Waals surface area contributed by atoms with Crippen molar-refractivity contribution in [2.75, 3.05) is 14.2 Å². The Hall–Kier alpha value is -4.33. The van der Waals surface area contributed by atoms with Crippen LogP contribution in [-0.2, 0) is 33.8 Å². The number of fused-ring (bicyclic) bond motifs is 1. The van der Waals surface area contributed by atoms with Crippen LogP contribution < -0.4 is 4.74 Å². The number of rotatable bonds is 7. The molecule has 0 bridgehead atoms. The van der Waals surface area contributed by atoms with Gasteiger partial charge in [-0.1, -0.05) is 48.5 Å². The van der Waals surface area contributed by atoms with Crippen molar-refractivity contribution >= 4 is 18.0 Å². The SMILES string of the molecule is COC(=O)c1ccc(CN(C(=O)C2Cc3ccccc3CN2C(=O)OC(C)(C)C)C(C)c2cccc(OC)c2)cc1. The van der Waals surface area contributed by atoms with Crippen LogP contribution in [0.5, 0.6) is 5.75 Å². The summed E-state index contributed by atoms with van der Waals surface area (Å²) in [4.78, 5) is 43.3. The van der Waals surface area contributed by atoms with E-state index in [1.165, 1.54) is 7.11 Å². The molecule has 0 N–H and O–H groups in total. The third kappa shape index (κ3) is 7.06.